The molecule has 1 atom stereocenters. The van der Waals surface area contributed by atoms with Gasteiger partial charge in [-0.05, 0) is 31.5 Å². The molecule has 0 amide bonds. The maximum Gasteiger partial charge on any atom is 0.183 e. The number of pyridine rings is 1. The van der Waals surface area contributed by atoms with Crippen molar-refractivity contribution in [3.63, 3.8) is 0 Å². The van der Waals surface area contributed by atoms with Gasteiger partial charge >= 0.3 is 0 Å². The Morgan fingerprint density at radius 3 is 3.04 bits per heavy atom. The molecule has 4 aromatic rings. The lowest BCUT2D eigenvalue weighted by molar-refractivity contribution is -0.936. The van der Waals surface area contributed by atoms with Gasteiger partial charge in [0.05, 0.1) is 22.8 Å². The van der Waals surface area contributed by atoms with Crippen LogP contribution in [0.15, 0.2) is 30.9 Å². The zero-order valence-electron chi connectivity index (χ0n) is 14.2. The van der Waals surface area contributed by atoms with E-state index < -0.39 is 0 Å². The second-order valence-corrected chi connectivity index (χ2v) is 7.95. The summed E-state index contributed by atoms with van der Waals surface area (Å²) in [5, 5.41) is 5.80. The van der Waals surface area contributed by atoms with Crippen molar-refractivity contribution < 1.29 is 4.90 Å². The zero-order valence-corrected chi connectivity index (χ0v) is 15.0. The highest BCUT2D eigenvalue weighted by Gasteiger charge is 2.27. The van der Waals surface area contributed by atoms with Gasteiger partial charge in [-0.2, -0.15) is 0 Å². The van der Waals surface area contributed by atoms with Gasteiger partial charge in [-0.15, -0.1) is 16.4 Å². The normalized spacial score (nSPS) is 17.5. The van der Waals surface area contributed by atoms with Crippen LogP contribution in [0, 0.1) is 0 Å². The van der Waals surface area contributed by atoms with Crippen molar-refractivity contribution in [3.05, 3.63) is 41.3 Å². The molecule has 1 aliphatic rings. The van der Waals surface area contributed by atoms with E-state index in [-0.39, 0.29) is 0 Å². The number of nitrogens with zero attached hydrogens (tertiary/aromatic N) is 5. The highest BCUT2D eigenvalue weighted by atomic mass is 32.1. The van der Waals surface area contributed by atoms with Crippen molar-refractivity contribution in [2.24, 2.45) is 0 Å². The number of rotatable bonds is 2. The summed E-state index contributed by atoms with van der Waals surface area (Å²) >= 11 is 1.82. The van der Waals surface area contributed by atoms with E-state index in [0.717, 1.165) is 29.0 Å². The van der Waals surface area contributed by atoms with Crippen molar-refractivity contribution in [3.8, 4) is 11.4 Å². The van der Waals surface area contributed by atoms with E-state index in [1.807, 2.05) is 23.5 Å². The quantitative estimate of drug-likeness (QED) is 0.598. The van der Waals surface area contributed by atoms with Crippen LogP contribution in [-0.4, -0.2) is 37.2 Å². The van der Waals surface area contributed by atoms with Crippen LogP contribution in [0.5, 0.6) is 0 Å². The smallest absolute Gasteiger partial charge is 0.183 e. The Balaban J connectivity index is 1.69. The summed E-state index contributed by atoms with van der Waals surface area (Å²) in [5.41, 5.74) is 3.26. The van der Waals surface area contributed by atoms with Gasteiger partial charge in [0.1, 0.15) is 17.7 Å². The summed E-state index contributed by atoms with van der Waals surface area (Å²) in [6.07, 6.45) is 6.42. The minimum atomic E-state index is 0.650. The molecule has 7 heteroatoms. The predicted molar refractivity (Wildman–Crippen MR) is 97.8 cm³/mol. The van der Waals surface area contributed by atoms with Gasteiger partial charge < -0.3 is 4.90 Å². The highest BCUT2D eigenvalue weighted by Crippen LogP contribution is 2.33. The minimum absolute atomic E-state index is 0.650. The fourth-order valence-corrected chi connectivity index (χ4v) is 4.83. The molecular formula is C18H19N6S+. The third-order valence-electron chi connectivity index (χ3n) is 5.03. The molecule has 1 N–H and O–H groups in total. The third kappa shape index (κ3) is 2.34. The number of thiophene rings is 1. The highest BCUT2D eigenvalue weighted by molar-refractivity contribution is 7.19. The van der Waals surface area contributed by atoms with Crippen molar-refractivity contribution in [1.82, 2.24) is 24.6 Å². The van der Waals surface area contributed by atoms with Crippen molar-refractivity contribution in [2.75, 3.05) is 6.54 Å². The van der Waals surface area contributed by atoms with Crippen molar-refractivity contribution in [2.45, 2.75) is 32.9 Å². The molecule has 25 heavy (non-hydrogen) atoms. The van der Waals surface area contributed by atoms with Crippen LogP contribution < -0.4 is 4.90 Å². The summed E-state index contributed by atoms with van der Waals surface area (Å²) in [6.45, 7) is 6.84. The topological polar surface area (TPSA) is 60.4 Å². The van der Waals surface area contributed by atoms with Gasteiger partial charge in [0.15, 0.2) is 11.5 Å². The SMILES string of the molecule is CC(C)[NH+]1CCc2c(sc3ncn4nc(-c5cccnc5)nc4c23)C1. The Kier molecular flexibility index (Phi) is 3.33. The van der Waals surface area contributed by atoms with E-state index >= 15 is 0 Å². The van der Waals surface area contributed by atoms with Crippen LogP contribution in [0.1, 0.15) is 24.3 Å². The first-order valence-electron chi connectivity index (χ1n) is 8.61. The molecule has 0 fully saturated rings. The summed E-state index contributed by atoms with van der Waals surface area (Å²) in [7, 11) is 0. The third-order valence-corrected chi connectivity index (χ3v) is 6.17. The van der Waals surface area contributed by atoms with E-state index in [1.165, 1.54) is 22.4 Å². The lowest BCUT2D eigenvalue weighted by atomic mass is 10.0. The molecule has 0 aliphatic carbocycles. The van der Waals surface area contributed by atoms with Gasteiger partial charge in [0.2, 0.25) is 0 Å². The van der Waals surface area contributed by atoms with Gasteiger partial charge in [0.25, 0.3) is 0 Å². The summed E-state index contributed by atoms with van der Waals surface area (Å²) in [5.74, 6) is 0.701. The summed E-state index contributed by atoms with van der Waals surface area (Å²) in [6, 6.07) is 4.54. The molecule has 6 nitrogen and oxygen atoms in total. The van der Waals surface area contributed by atoms with Crippen LogP contribution in [-0.2, 0) is 13.0 Å². The number of hydrogen-bond donors (Lipinski definition) is 1. The van der Waals surface area contributed by atoms with Gasteiger partial charge in [-0.1, -0.05) is 0 Å². The minimum Gasteiger partial charge on any atom is -0.328 e. The first-order valence-corrected chi connectivity index (χ1v) is 9.43. The molecule has 5 rings (SSSR count). The molecule has 0 saturated heterocycles. The number of fused-ring (bicyclic) bond motifs is 5. The summed E-state index contributed by atoms with van der Waals surface area (Å²) < 4.78 is 1.80. The first-order chi connectivity index (χ1) is 12.2. The average Bonchev–Trinajstić information content (AvgIpc) is 3.22. The summed E-state index contributed by atoms with van der Waals surface area (Å²) in [4.78, 5) is 17.8. The van der Waals surface area contributed by atoms with Crippen LogP contribution in [0.2, 0.25) is 0 Å². The fourth-order valence-electron chi connectivity index (χ4n) is 3.60. The molecule has 0 spiro atoms. The molecular weight excluding hydrogens is 332 g/mol. The predicted octanol–water partition coefficient (Wildman–Crippen LogP) is 1.75. The van der Waals surface area contributed by atoms with Gasteiger partial charge in [-0.3, -0.25) is 4.98 Å². The molecule has 0 saturated carbocycles. The first kappa shape index (κ1) is 14.9. The lowest BCUT2D eigenvalue weighted by Gasteiger charge is -2.27. The van der Waals surface area contributed by atoms with Crippen LogP contribution >= 0.6 is 11.3 Å². The largest absolute Gasteiger partial charge is 0.328 e. The van der Waals surface area contributed by atoms with E-state index in [1.54, 1.807) is 28.1 Å². The Morgan fingerprint density at radius 2 is 2.24 bits per heavy atom. The van der Waals surface area contributed by atoms with Gasteiger partial charge in [-0.25, -0.2) is 14.5 Å². The van der Waals surface area contributed by atoms with Crippen LogP contribution in [0.4, 0.5) is 0 Å². The second kappa shape index (κ2) is 5.57. The van der Waals surface area contributed by atoms with Crippen molar-refractivity contribution in [1.29, 1.82) is 0 Å². The van der Waals surface area contributed by atoms with E-state index in [4.69, 9.17) is 4.98 Å². The molecule has 126 valence electrons. The fraction of sp³-hybridized carbons (Fsp3) is 0.333. The van der Waals surface area contributed by atoms with E-state index in [9.17, 15) is 0 Å². The maximum atomic E-state index is 4.82. The molecule has 1 unspecified atom stereocenters. The number of nitrogens with one attached hydrogen (secondary N) is 1. The van der Waals surface area contributed by atoms with Crippen LogP contribution in [0.3, 0.4) is 0 Å². The number of quaternary nitrogens is 1. The second-order valence-electron chi connectivity index (χ2n) is 6.86. The Morgan fingerprint density at radius 1 is 1.32 bits per heavy atom. The standard InChI is InChI=1S/C18H18N6S/c1-11(2)23-7-5-13-14(9-23)25-18-15(13)17-21-16(22-24(17)10-20-18)12-4-3-6-19-8-12/h3-4,6,8,10-11H,5,7,9H2,1-2H3/p+1. The average molecular weight is 351 g/mol. The molecule has 5 heterocycles. The molecule has 0 aromatic carbocycles. The monoisotopic (exact) mass is 351 g/mol. The van der Waals surface area contributed by atoms with Gasteiger partial charge in [0, 0.05) is 24.4 Å². The Hall–Kier alpha value is -2.38. The van der Waals surface area contributed by atoms with E-state index in [2.05, 4.69) is 28.9 Å². The maximum absolute atomic E-state index is 4.82. The molecule has 1 aliphatic heterocycles. The van der Waals surface area contributed by atoms with Crippen LogP contribution in [0.25, 0.3) is 27.3 Å². The zero-order chi connectivity index (χ0) is 17.0. The number of hydrogen-bond acceptors (Lipinski definition) is 5. The molecule has 0 bridgehead atoms. The van der Waals surface area contributed by atoms with E-state index in [0.29, 0.717) is 11.9 Å². The lowest BCUT2D eigenvalue weighted by Crippen LogP contribution is -3.14. The number of aromatic nitrogens is 5. The molecule has 0 radical (unpaired) electrons. The Labute approximate surface area is 149 Å². The molecule has 4 aromatic heterocycles. The van der Waals surface area contributed by atoms with Crippen molar-refractivity contribution >= 4 is 27.2 Å². The Bertz CT molecular complexity index is 1070.